The average molecular weight is 457 g/mol. The lowest BCUT2D eigenvalue weighted by molar-refractivity contribution is -0.137. The molecule has 2 saturated heterocycles. The molecule has 0 N–H and O–H groups in total. The first-order valence-electron chi connectivity index (χ1n) is 11.3. The molecule has 0 atom stereocenters. The van der Waals surface area contributed by atoms with E-state index >= 15 is 0 Å². The van der Waals surface area contributed by atoms with Crippen LogP contribution in [-0.4, -0.2) is 44.2 Å². The van der Waals surface area contributed by atoms with Crippen molar-refractivity contribution in [3.63, 3.8) is 0 Å². The summed E-state index contributed by atoms with van der Waals surface area (Å²) in [5, 5.41) is 0.902. The van der Waals surface area contributed by atoms with Gasteiger partial charge in [0.2, 0.25) is 0 Å². The third-order valence-electron chi connectivity index (χ3n) is 6.59. The highest BCUT2D eigenvalue weighted by molar-refractivity contribution is 5.92. The van der Waals surface area contributed by atoms with Crippen molar-refractivity contribution in [3.8, 4) is 0 Å². The zero-order chi connectivity index (χ0) is 23.0. The van der Waals surface area contributed by atoms with Crippen LogP contribution in [0, 0.1) is 0 Å². The van der Waals surface area contributed by atoms with Crippen molar-refractivity contribution in [1.82, 2.24) is 4.90 Å². The molecule has 0 radical (unpaired) electrons. The number of halogens is 3. The van der Waals surface area contributed by atoms with Crippen molar-refractivity contribution in [2.24, 2.45) is 0 Å². The topological polar surface area (TPSA) is 39.9 Å². The Morgan fingerprint density at radius 2 is 1.55 bits per heavy atom. The third-order valence-corrected chi connectivity index (χ3v) is 6.59. The number of benzene rings is 2. The Balaban J connectivity index is 1.44. The Labute approximate surface area is 190 Å². The SMILES string of the molecule is O=c1oc2ccccc2c(N2CCN(c3cccc(C(F)(F)F)c3)CC2)c1CN1CCCC1. The molecule has 174 valence electrons. The second-order valence-electron chi connectivity index (χ2n) is 8.72. The summed E-state index contributed by atoms with van der Waals surface area (Å²) in [6, 6.07) is 13.0. The summed E-state index contributed by atoms with van der Waals surface area (Å²) >= 11 is 0. The van der Waals surface area contributed by atoms with E-state index in [1.54, 1.807) is 12.1 Å². The van der Waals surface area contributed by atoms with E-state index in [1.807, 2.05) is 23.1 Å². The van der Waals surface area contributed by atoms with Gasteiger partial charge in [-0.15, -0.1) is 0 Å². The summed E-state index contributed by atoms with van der Waals surface area (Å²) < 4.78 is 45.1. The van der Waals surface area contributed by atoms with Crippen molar-refractivity contribution in [3.05, 3.63) is 70.1 Å². The van der Waals surface area contributed by atoms with Crippen LogP contribution < -0.4 is 15.4 Å². The molecular formula is C25H26F3N3O2. The van der Waals surface area contributed by atoms with Crippen LogP contribution >= 0.6 is 0 Å². The van der Waals surface area contributed by atoms with E-state index in [4.69, 9.17) is 4.42 Å². The summed E-state index contributed by atoms with van der Waals surface area (Å²) in [6.07, 6.45) is -2.10. The van der Waals surface area contributed by atoms with Crippen molar-refractivity contribution in [1.29, 1.82) is 0 Å². The molecule has 3 aromatic rings. The Morgan fingerprint density at radius 1 is 0.848 bits per heavy atom. The normalized spacial score (nSPS) is 17.8. The highest BCUT2D eigenvalue weighted by Crippen LogP contribution is 2.34. The van der Waals surface area contributed by atoms with Gasteiger partial charge in [0.05, 0.1) is 16.8 Å². The van der Waals surface area contributed by atoms with Crippen molar-refractivity contribution >= 4 is 22.3 Å². The Hall–Kier alpha value is -3.00. The van der Waals surface area contributed by atoms with Crippen LogP contribution in [0.5, 0.6) is 0 Å². The van der Waals surface area contributed by atoms with E-state index in [1.165, 1.54) is 12.1 Å². The van der Waals surface area contributed by atoms with Gasteiger partial charge in [-0.25, -0.2) is 4.79 Å². The van der Waals surface area contributed by atoms with Gasteiger partial charge in [0.25, 0.3) is 0 Å². The molecular weight excluding hydrogens is 431 g/mol. The fourth-order valence-corrected chi connectivity index (χ4v) is 4.90. The molecule has 0 spiro atoms. The smallest absolute Gasteiger partial charge is 0.416 e. The third kappa shape index (κ3) is 4.44. The number of rotatable bonds is 4. The molecule has 3 heterocycles. The number of para-hydroxylation sites is 1. The van der Waals surface area contributed by atoms with Gasteiger partial charge in [0, 0.05) is 43.8 Å². The van der Waals surface area contributed by atoms with Gasteiger partial charge in [-0.3, -0.25) is 4.90 Å². The van der Waals surface area contributed by atoms with Crippen molar-refractivity contribution < 1.29 is 17.6 Å². The fourth-order valence-electron chi connectivity index (χ4n) is 4.90. The van der Waals surface area contributed by atoms with Gasteiger partial charge in [0.15, 0.2) is 0 Å². The largest absolute Gasteiger partial charge is 0.422 e. The molecule has 5 rings (SSSR count). The number of fused-ring (bicyclic) bond motifs is 1. The highest BCUT2D eigenvalue weighted by Gasteiger charge is 2.31. The Bertz CT molecular complexity index is 1190. The van der Waals surface area contributed by atoms with Crippen LogP contribution in [0.3, 0.4) is 0 Å². The minimum absolute atomic E-state index is 0.309. The van der Waals surface area contributed by atoms with E-state index in [0.29, 0.717) is 49.6 Å². The Morgan fingerprint density at radius 3 is 2.27 bits per heavy atom. The lowest BCUT2D eigenvalue weighted by Gasteiger charge is -2.38. The molecule has 0 saturated carbocycles. The number of hydrogen-bond donors (Lipinski definition) is 0. The summed E-state index contributed by atoms with van der Waals surface area (Å²) in [6.45, 7) is 4.84. The predicted molar refractivity (Wildman–Crippen MR) is 123 cm³/mol. The molecule has 0 aliphatic carbocycles. The molecule has 2 aromatic carbocycles. The average Bonchev–Trinajstić information content (AvgIpc) is 3.33. The van der Waals surface area contributed by atoms with E-state index in [0.717, 1.165) is 43.1 Å². The maximum atomic E-state index is 13.1. The first kappa shape index (κ1) is 21.8. The van der Waals surface area contributed by atoms with Gasteiger partial charge in [0.1, 0.15) is 5.58 Å². The fraction of sp³-hybridized carbons (Fsp3) is 0.400. The van der Waals surface area contributed by atoms with Gasteiger partial charge < -0.3 is 14.2 Å². The van der Waals surface area contributed by atoms with E-state index in [-0.39, 0.29) is 5.63 Å². The zero-order valence-corrected chi connectivity index (χ0v) is 18.3. The van der Waals surface area contributed by atoms with Crippen LogP contribution in [0.2, 0.25) is 0 Å². The lowest BCUT2D eigenvalue weighted by atomic mass is 10.1. The summed E-state index contributed by atoms with van der Waals surface area (Å²) in [7, 11) is 0. The molecule has 2 fully saturated rings. The molecule has 0 bridgehead atoms. The molecule has 33 heavy (non-hydrogen) atoms. The molecule has 5 nitrogen and oxygen atoms in total. The second kappa shape index (κ2) is 8.74. The monoisotopic (exact) mass is 457 g/mol. The lowest BCUT2D eigenvalue weighted by Crippen LogP contribution is -2.47. The number of nitrogens with zero attached hydrogens (tertiary/aromatic N) is 3. The van der Waals surface area contributed by atoms with E-state index in [9.17, 15) is 18.0 Å². The van der Waals surface area contributed by atoms with Crippen LogP contribution in [0.15, 0.2) is 57.7 Å². The van der Waals surface area contributed by atoms with Crippen LogP contribution in [0.1, 0.15) is 24.0 Å². The number of piperazine rings is 1. The predicted octanol–water partition coefficient (Wildman–Crippen LogP) is 4.73. The first-order valence-corrected chi connectivity index (χ1v) is 11.3. The minimum Gasteiger partial charge on any atom is -0.422 e. The standard InChI is InChI=1S/C25H26F3N3O2/c26-25(27,28)18-6-5-7-19(16-18)30-12-14-31(15-13-30)23-20-8-1-2-9-22(20)33-24(32)21(23)17-29-10-3-4-11-29/h1-2,5-9,16H,3-4,10-15,17H2. The summed E-state index contributed by atoms with van der Waals surface area (Å²) in [5.74, 6) is 0. The van der Waals surface area contributed by atoms with E-state index in [2.05, 4.69) is 9.80 Å². The highest BCUT2D eigenvalue weighted by atomic mass is 19.4. The molecule has 2 aliphatic heterocycles. The van der Waals surface area contributed by atoms with Crippen LogP contribution in [0.4, 0.5) is 24.5 Å². The van der Waals surface area contributed by atoms with Gasteiger partial charge in [-0.05, 0) is 56.3 Å². The molecule has 8 heteroatoms. The summed E-state index contributed by atoms with van der Waals surface area (Å²) in [4.78, 5) is 19.4. The number of anilines is 2. The Kier molecular flexibility index (Phi) is 5.78. The number of hydrogen-bond acceptors (Lipinski definition) is 5. The van der Waals surface area contributed by atoms with Crippen molar-refractivity contribution in [2.75, 3.05) is 49.1 Å². The van der Waals surface area contributed by atoms with Crippen LogP contribution in [-0.2, 0) is 12.7 Å². The van der Waals surface area contributed by atoms with Crippen molar-refractivity contribution in [2.45, 2.75) is 25.6 Å². The molecule has 2 aliphatic rings. The number of likely N-dealkylation sites (tertiary alicyclic amines) is 1. The van der Waals surface area contributed by atoms with Gasteiger partial charge >= 0.3 is 11.8 Å². The van der Waals surface area contributed by atoms with E-state index < -0.39 is 11.7 Å². The second-order valence-corrected chi connectivity index (χ2v) is 8.72. The minimum atomic E-state index is -4.36. The van der Waals surface area contributed by atoms with Gasteiger partial charge in [-0.1, -0.05) is 18.2 Å². The zero-order valence-electron chi connectivity index (χ0n) is 18.3. The quantitative estimate of drug-likeness (QED) is 0.530. The maximum Gasteiger partial charge on any atom is 0.416 e. The van der Waals surface area contributed by atoms with Crippen LogP contribution in [0.25, 0.3) is 11.0 Å². The number of alkyl halides is 3. The summed E-state index contributed by atoms with van der Waals surface area (Å²) in [5.41, 5.74) is 1.75. The molecule has 0 amide bonds. The molecule has 1 aromatic heterocycles. The first-order chi connectivity index (χ1) is 15.9. The maximum absolute atomic E-state index is 13.1. The van der Waals surface area contributed by atoms with Gasteiger partial charge in [-0.2, -0.15) is 13.2 Å². The molecule has 0 unspecified atom stereocenters.